The maximum Gasteiger partial charge on any atom is 0.251 e. The number of rotatable bonds is 7. The van der Waals surface area contributed by atoms with Crippen molar-refractivity contribution in [3.8, 4) is 0 Å². The Kier molecular flexibility index (Phi) is 6.51. The third-order valence-electron chi connectivity index (χ3n) is 4.61. The van der Waals surface area contributed by atoms with Gasteiger partial charge in [0.1, 0.15) is 4.34 Å². The van der Waals surface area contributed by atoms with Crippen LogP contribution in [0, 0.1) is 6.92 Å². The number of nitrogens with zero attached hydrogens (tertiary/aromatic N) is 2. The van der Waals surface area contributed by atoms with Crippen molar-refractivity contribution in [1.29, 1.82) is 0 Å². The molecule has 1 N–H and O–H groups in total. The van der Waals surface area contributed by atoms with Crippen molar-refractivity contribution >= 4 is 29.0 Å². The molecule has 25 heavy (non-hydrogen) atoms. The number of carbonyl (C=O) groups excluding carboxylic acids is 1. The number of nitrogens with one attached hydrogen (secondary N) is 1. The Morgan fingerprint density at radius 3 is 3.04 bits per heavy atom. The van der Waals surface area contributed by atoms with E-state index in [9.17, 15) is 4.79 Å². The zero-order valence-corrected chi connectivity index (χ0v) is 16.5. The maximum absolute atomic E-state index is 12.7. The minimum atomic E-state index is 0.0365. The second-order valence-electron chi connectivity index (χ2n) is 6.34. The van der Waals surface area contributed by atoms with Gasteiger partial charge >= 0.3 is 0 Å². The Balaban J connectivity index is 1.60. The minimum Gasteiger partial charge on any atom is -0.350 e. The topological polar surface area (TPSA) is 45.2 Å². The van der Waals surface area contributed by atoms with E-state index in [-0.39, 0.29) is 5.91 Å². The van der Waals surface area contributed by atoms with Gasteiger partial charge in [0.15, 0.2) is 0 Å². The molecule has 3 rings (SSSR count). The first-order chi connectivity index (χ1) is 12.2. The van der Waals surface area contributed by atoms with Crippen LogP contribution < -0.4 is 5.32 Å². The molecular formula is C19H25N3OS2. The average molecular weight is 376 g/mol. The van der Waals surface area contributed by atoms with Crippen LogP contribution in [0.3, 0.4) is 0 Å². The molecule has 2 heterocycles. The molecule has 0 radical (unpaired) electrons. The Morgan fingerprint density at radius 2 is 2.28 bits per heavy atom. The minimum absolute atomic E-state index is 0.0365. The summed E-state index contributed by atoms with van der Waals surface area (Å²) < 4.78 is 1.05. The number of thiazole rings is 1. The lowest BCUT2D eigenvalue weighted by Gasteiger charge is -2.23. The van der Waals surface area contributed by atoms with Gasteiger partial charge in [0.05, 0.1) is 0 Å². The molecule has 1 unspecified atom stereocenters. The van der Waals surface area contributed by atoms with Crippen LogP contribution in [-0.4, -0.2) is 41.5 Å². The molecule has 1 fully saturated rings. The molecule has 1 saturated heterocycles. The molecule has 134 valence electrons. The van der Waals surface area contributed by atoms with Crippen molar-refractivity contribution in [2.24, 2.45) is 0 Å². The van der Waals surface area contributed by atoms with Gasteiger partial charge in [-0.1, -0.05) is 36.9 Å². The molecule has 0 saturated carbocycles. The van der Waals surface area contributed by atoms with E-state index in [0.29, 0.717) is 6.04 Å². The van der Waals surface area contributed by atoms with Crippen LogP contribution >= 0.6 is 23.1 Å². The van der Waals surface area contributed by atoms with E-state index in [4.69, 9.17) is 0 Å². The molecule has 6 heteroatoms. The molecular weight excluding hydrogens is 350 g/mol. The molecule has 1 aromatic heterocycles. The average Bonchev–Trinajstić information content (AvgIpc) is 3.26. The van der Waals surface area contributed by atoms with Crippen LogP contribution in [0.5, 0.6) is 0 Å². The van der Waals surface area contributed by atoms with Crippen molar-refractivity contribution in [3.05, 3.63) is 46.5 Å². The molecule has 1 aliphatic rings. The van der Waals surface area contributed by atoms with E-state index in [1.165, 1.54) is 12.8 Å². The van der Waals surface area contributed by atoms with Gasteiger partial charge < -0.3 is 5.32 Å². The van der Waals surface area contributed by atoms with Crippen LogP contribution in [0.4, 0.5) is 0 Å². The summed E-state index contributed by atoms with van der Waals surface area (Å²) >= 11 is 3.35. The first-order valence-corrected chi connectivity index (χ1v) is 10.7. The Morgan fingerprint density at radius 1 is 1.44 bits per heavy atom. The predicted molar refractivity (Wildman–Crippen MR) is 105 cm³/mol. The molecule has 1 atom stereocenters. The third-order valence-corrected chi connectivity index (χ3v) is 6.80. The number of amides is 1. The van der Waals surface area contributed by atoms with E-state index >= 15 is 0 Å². The predicted octanol–water partition coefficient (Wildman–Crippen LogP) is 3.96. The molecule has 0 bridgehead atoms. The number of aryl methyl sites for hydroxylation is 1. The number of likely N-dealkylation sites (N-methyl/N-ethyl adjacent to an activating group) is 1. The summed E-state index contributed by atoms with van der Waals surface area (Å²) in [5.41, 5.74) is 2.90. The zero-order chi connectivity index (χ0) is 17.6. The lowest BCUT2D eigenvalue weighted by molar-refractivity contribution is 0.0940. The molecule has 1 aliphatic heterocycles. The highest BCUT2D eigenvalue weighted by Crippen LogP contribution is 2.27. The summed E-state index contributed by atoms with van der Waals surface area (Å²) in [5.74, 6) is 0.801. The summed E-state index contributed by atoms with van der Waals surface area (Å²) in [4.78, 5) is 19.6. The first kappa shape index (κ1) is 18.4. The third kappa shape index (κ3) is 4.84. The second kappa shape index (κ2) is 8.83. The molecule has 0 aliphatic carbocycles. The van der Waals surface area contributed by atoms with Crippen LogP contribution in [0.15, 0.2) is 34.0 Å². The number of hydrogen-bond donors (Lipinski definition) is 1. The van der Waals surface area contributed by atoms with Gasteiger partial charge in [-0.15, -0.1) is 11.3 Å². The van der Waals surface area contributed by atoms with Gasteiger partial charge in [-0.05, 0) is 44.5 Å². The lowest BCUT2D eigenvalue weighted by atomic mass is 10.1. The standard InChI is InChI=1S/C19H25N3OS2/c1-3-22-10-6-8-16(22)11-20-18(23)17-9-5-4-7-15(17)13-25-19-21-14(2)12-24-19/h4-5,7,9,12,16H,3,6,8,10-11,13H2,1-2H3,(H,20,23). The van der Waals surface area contributed by atoms with Crippen molar-refractivity contribution in [2.75, 3.05) is 19.6 Å². The van der Waals surface area contributed by atoms with Crippen LogP contribution in [0.25, 0.3) is 0 Å². The Bertz CT molecular complexity index is 716. The van der Waals surface area contributed by atoms with Gasteiger partial charge in [-0.2, -0.15) is 0 Å². The number of aromatic nitrogens is 1. The summed E-state index contributed by atoms with van der Waals surface area (Å²) in [6.07, 6.45) is 2.41. The van der Waals surface area contributed by atoms with E-state index in [1.54, 1.807) is 23.1 Å². The van der Waals surface area contributed by atoms with Crippen LogP contribution in [0.1, 0.15) is 41.4 Å². The highest BCUT2D eigenvalue weighted by Gasteiger charge is 2.23. The van der Waals surface area contributed by atoms with Gasteiger partial charge in [0, 0.05) is 35.0 Å². The van der Waals surface area contributed by atoms with Crippen LogP contribution in [-0.2, 0) is 5.75 Å². The summed E-state index contributed by atoms with van der Waals surface area (Å²) in [6.45, 7) is 7.13. The zero-order valence-electron chi connectivity index (χ0n) is 14.8. The monoisotopic (exact) mass is 375 g/mol. The fourth-order valence-corrected chi connectivity index (χ4v) is 5.11. The summed E-state index contributed by atoms with van der Waals surface area (Å²) in [5, 5.41) is 5.20. The van der Waals surface area contributed by atoms with Crippen molar-refractivity contribution in [1.82, 2.24) is 15.2 Å². The van der Waals surface area contributed by atoms with E-state index in [2.05, 4.69) is 27.5 Å². The van der Waals surface area contributed by atoms with Gasteiger partial charge in [0.2, 0.25) is 0 Å². The molecule has 1 aromatic carbocycles. The highest BCUT2D eigenvalue weighted by molar-refractivity contribution is 8.00. The molecule has 2 aromatic rings. The summed E-state index contributed by atoms with van der Waals surface area (Å²) in [7, 11) is 0. The smallest absolute Gasteiger partial charge is 0.251 e. The quantitative estimate of drug-likeness (QED) is 0.744. The lowest BCUT2D eigenvalue weighted by Crippen LogP contribution is -2.40. The van der Waals surface area contributed by atoms with E-state index in [1.807, 2.05) is 31.2 Å². The van der Waals surface area contributed by atoms with Crippen LogP contribution in [0.2, 0.25) is 0 Å². The number of carbonyl (C=O) groups is 1. The molecule has 0 spiro atoms. The first-order valence-electron chi connectivity index (χ1n) is 8.82. The maximum atomic E-state index is 12.7. The van der Waals surface area contributed by atoms with Crippen molar-refractivity contribution in [2.45, 2.75) is 42.8 Å². The second-order valence-corrected chi connectivity index (χ2v) is 8.42. The largest absolute Gasteiger partial charge is 0.350 e. The normalized spacial score (nSPS) is 17.8. The van der Waals surface area contributed by atoms with Crippen molar-refractivity contribution < 1.29 is 4.79 Å². The number of benzene rings is 1. The number of thioether (sulfide) groups is 1. The molecule has 1 amide bonds. The van der Waals surface area contributed by atoms with E-state index < -0.39 is 0 Å². The van der Waals surface area contributed by atoms with Gasteiger partial charge in [0.25, 0.3) is 5.91 Å². The number of hydrogen-bond acceptors (Lipinski definition) is 5. The van der Waals surface area contributed by atoms with Crippen molar-refractivity contribution in [3.63, 3.8) is 0 Å². The van der Waals surface area contributed by atoms with E-state index in [0.717, 1.165) is 46.5 Å². The Labute approximate surface area is 158 Å². The molecule has 4 nitrogen and oxygen atoms in total. The Hall–Kier alpha value is -1.37. The number of likely N-dealkylation sites (tertiary alicyclic amines) is 1. The highest BCUT2D eigenvalue weighted by atomic mass is 32.2. The fourth-order valence-electron chi connectivity index (χ4n) is 3.25. The summed E-state index contributed by atoms with van der Waals surface area (Å²) in [6, 6.07) is 8.37. The van der Waals surface area contributed by atoms with Gasteiger partial charge in [-0.25, -0.2) is 4.98 Å². The fraction of sp³-hybridized carbons (Fsp3) is 0.474. The SMILES string of the molecule is CCN1CCCC1CNC(=O)c1ccccc1CSc1nc(C)cs1. The van der Waals surface area contributed by atoms with Gasteiger partial charge in [-0.3, -0.25) is 9.69 Å².